The Bertz CT molecular complexity index is 989. The minimum absolute atomic E-state index is 0.0144. The van der Waals surface area contributed by atoms with E-state index in [0.29, 0.717) is 11.7 Å². The van der Waals surface area contributed by atoms with E-state index in [1.165, 1.54) is 51.9 Å². The summed E-state index contributed by atoms with van der Waals surface area (Å²) >= 11 is 0. The largest absolute Gasteiger partial charge is 0.368 e. The summed E-state index contributed by atoms with van der Waals surface area (Å²) in [4.78, 5) is 30.7. The lowest BCUT2D eigenvalue weighted by atomic mass is 9.93. The Labute approximate surface area is 183 Å². The summed E-state index contributed by atoms with van der Waals surface area (Å²) in [5.41, 5.74) is 7.96. The minimum Gasteiger partial charge on any atom is -0.368 e. The van der Waals surface area contributed by atoms with Crippen LogP contribution in [-0.2, 0) is 16.1 Å². The zero-order chi connectivity index (χ0) is 21.8. The number of amides is 2. The van der Waals surface area contributed by atoms with Gasteiger partial charge in [0.1, 0.15) is 6.54 Å². The normalized spacial score (nSPS) is 20.6. The lowest BCUT2D eigenvalue weighted by molar-refractivity contribution is -0.119. The van der Waals surface area contributed by atoms with Gasteiger partial charge in [-0.3, -0.25) is 9.59 Å². The molecule has 1 saturated heterocycles. The number of rotatable bonds is 4. The first kappa shape index (κ1) is 21.8. The standard InChI is InChI=1S/C24H35N5O2/c1-18(30)26-24-28(17-23(25)31)21-11-7-8-12-22(21)29(24)20-13-15-27(16-14-20)19-9-5-3-2-4-6-10-19/h7-8,11-12,19-20H,2-6,9-10,13-17H2,1H3,(H2,25,31). The van der Waals surface area contributed by atoms with Crippen LogP contribution in [-0.4, -0.2) is 45.0 Å². The maximum atomic E-state index is 12.0. The molecule has 2 aromatic rings. The van der Waals surface area contributed by atoms with E-state index < -0.39 is 5.91 Å². The van der Waals surface area contributed by atoms with Gasteiger partial charge in [-0.1, -0.05) is 44.2 Å². The van der Waals surface area contributed by atoms with Gasteiger partial charge in [-0.05, 0) is 37.8 Å². The molecule has 4 rings (SSSR count). The molecular weight excluding hydrogens is 390 g/mol. The van der Waals surface area contributed by atoms with Crippen molar-refractivity contribution in [2.45, 2.75) is 83.3 Å². The fourth-order valence-electron chi connectivity index (χ4n) is 5.48. The fourth-order valence-corrected chi connectivity index (χ4v) is 5.48. The van der Waals surface area contributed by atoms with E-state index in [4.69, 9.17) is 5.73 Å². The Morgan fingerprint density at radius 3 is 2.16 bits per heavy atom. The molecule has 7 heteroatoms. The van der Waals surface area contributed by atoms with Crippen molar-refractivity contribution in [3.8, 4) is 0 Å². The number of primary amides is 1. The van der Waals surface area contributed by atoms with E-state index in [1.54, 1.807) is 4.57 Å². The SMILES string of the molecule is CC(=O)N=c1n(CC(N)=O)c2ccccc2n1C1CCN(C2CCCCCCC2)CC1. The summed E-state index contributed by atoms with van der Waals surface area (Å²) < 4.78 is 3.97. The molecule has 31 heavy (non-hydrogen) atoms. The average molecular weight is 426 g/mol. The summed E-state index contributed by atoms with van der Waals surface area (Å²) in [7, 11) is 0. The fraction of sp³-hybridized carbons (Fsp3) is 0.625. The number of fused-ring (bicyclic) bond motifs is 1. The summed E-state index contributed by atoms with van der Waals surface area (Å²) in [6.07, 6.45) is 11.5. The van der Waals surface area contributed by atoms with Crippen LogP contribution in [0, 0.1) is 0 Å². The number of likely N-dealkylation sites (tertiary alicyclic amines) is 1. The number of hydrogen-bond donors (Lipinski definition) is 1. The molecule has 0 spiro atoms. The molecule has 1 aromatic carbocycles. The van der Waals surface area contributed by atoms with E-state index in [-0.39, 0.29) is 18.5 Å². The van der Waals surface area contributed by atoms with Crippen molar-refractivity contribution in [2.24, 2.45) is 10.7 Å². The van der Waals surface area contributed by atoms with Crippen LogP contribution < -0.4 is 11.4 Å². The summed E-state index contributed by atoms with van der Waals surface area (Å²) in [5.74, 6) is -0.707. The van der Waals surface area contributed by atoms with Crippen LogP contribution in [0.15, 0.2) is 29.3 Å². The molecule has 1 aliphatic carbocycles. The van der Waals surface area contributed by atoms with Gasteiger partial charge in [-0.15, -0.1) is 0 Å². The first-order chi connectivity index (χ1) is 15.0. The third kappa shape index (κ3) is 4.92. The number of nitrogens with zero attached hydrogens (tertiary/aromatic N) is 4. The van der Waals surface area contributed by atoms with E-state index in [0.717, 1.165) is 37.0 Å². The molecule has 1 aliphatic heterocycles. The predicted octanol–water partition coefficient (Wildman–Crippen LogP) is 3.13. The van der Waals surface area contributed by atoms with Gasteiger partial charge in [-0.25, -0.2) is 0 Å². The molecule has 168 valence electrons. The first-order valence-electron chi connectivity index (χ1n) is 11.8. The van der Waals surface area contributed by atoms with E-state index in [1.807, 2.05) is 24.3 Å². The van der Waals surface area contributed by atoms with Crippen LogP contribution in [0.1, 0.15) is 70.8 Å². The van der Waals surface area contributed by atoms with Gasteiger partial charge in [0.15, 0.2) is 0 Å². The zero-order valence-electron chi connectivity index (χ0n) is 18.6. The highest BCUT2D eigenvalue weighted by Gasteiger charge is 2.28. The quantitative estimate of drug-likeness (QED) is 0.817. The summed E-state index contributed by atoms with van der Waals surface area (Å²) in [6, 6.07) is 8.92. The topological polar surface area (TPSA) is 85.6 Å². The highest BCUT2D eigenvalue weighted by Crippen LogP contribution is 2.30. The van der Waals surface area contributed by atoms with Crippen molar-refractivity contribution in [1.82, 2.24) is 14.0 Å². The second kappa shape index (κ2) is 9.81. The van der Waals surface area contributed by atoms with Gasteiger partial charge in [0, 0.05) is 32.1 Å². The Morgan fingerprint density at radius 1 is 0.935 bits per heavy atom. The number of hydrogen-bond acceptors (Lipinski definition) is 3. The van der Waals surface area contributed by atoms with E-state index >= 15 is 0 Å². The van der Waals surface area contributed by atoms with Gasteiger partial charge >= 0.3 is 0 Å². The second-order valence-electron chi connectivity index (χ2n) is 9.11. The van der Waals surface area contributed by atoms with Crippen molar-refractivity contribution in [1.29, 1.82) is 0 Å². The Balaban J connectivity index is 1.64. The van der Waals surface area contributed by atoms with Gasteiger partial charge in [0.2, 0.25) is 17.4 Å². The minimum atomic E-state index is -0.438. The maximum Gasteiger partial charge on any atom is 0.245 e. The van der Waals surface area contributed by atoms with E-state index in [2.05, 4.69) is 14.5 Å². The maximum absolute atomic E-state index is 12.0. The van der Waals surface area contributed by atoms with Gasteiger partial charge in [0.05, 0.1) is 11.0 Å². The molecule has 0 radical (unpaired) electrons. The van der Waals surface area contributed by atoms with Crippen LogP contribution in [0.5, 0.6) is 0 Å². The number of aromatic nitrogens is 2. The van der Waals surface area contributed by atoms with Crippen molar-refractivity contribution in [3.05, 3.63) is 29.9 Å². The van der Waals surface area contributed by atoms with Crippen LogP contribution >= 0.6 is 0 Å². The van der Waals surface area contributed by atoms with Gasteiger partial charge < -0.3 is 19.8 Å². The van der Waals surface area contributed by atoms with E-state index in [9.17, 15) is 9.59 Å². The summed E-state index contributed by atoms with van der Waals surface area (Å²) in [6.45, 7) is 3.60. The third-order valence-electron chi connectivity index (χ3n) is 6.92. The molecule has 2 fully saturated rings. The number of nitrogens with two attached hydrogens (primary N) is 1. The monoisotopic (exact) mass is 425 g/mol. The van der Waals surface area contributed by atoms with Crippen LogP contribution in [0.2, 0.25) is 0 Å². The lowest BCUT2D eigenvalue weighted by Crippen LogP contribution is -2.44. The molecule has 7 nitrogen and oxygen atoms in total. The number of para-hydroxylation sites is 2. The number of carbonyl (C=O) groups is 2. The average Bonchev–Trinajstić information content (AvgIpc) is 3.00. The second-order valence-corrected chi connectivity index (χ2v) is 9.11. The smallest absolute Gasteiger partial charge is 0.245 e. The molecule has 2 amide bonds. The van der Waals surface area contributed by atoms with Crippen LogP contribution in [0.25, 0.3) is 11.0 Å². The zero-order valence-corrected chi connectivity index (χ0v) is 18.6. The number of imidazole rings is 1. The molecule has 2 N–H and O–H groups in total. The van der Waals surface area contributed by atoms with Gasteiger partial charge in [0.25, 0.3) is 0 Å². The molecule has 2 aliphatic rings. The molecule has 1 saturated carbocycles. The Hall–Kier alpha value is -2.41. The van der Waals surface area contributed by atoms with Crippen molar-refractivity contribution in [3.63, 3.8) is 0 Å². The third-order valence-corrected chi connectivity index (χ3v) is 6.92. The van der Waals surface area contributed by atoms with Crippen LogP contribution in [0.4, 0.5) is 0 Å². The molecule has 0 atom stereocenters. The van der Waals surface area contributed by atoms with Crippen molar-refractivity contribution < 1.29 is 9.59 Å². The predicted molar refractivity (Wildman–Crippen MR) is 121 cm³/mol. The summed E-state index contributed by atoms with van der Waals surface area (Å²) in [5, 5.41) is 0. The number of carbonyl (C=O) groups excluding carboxylic acids is 2. The molecule has 2 heterocycles. The lowest BCUT2D eigenvalue weighted by Gasteiger charge is -2.39. The highest BCUT2D eigenvalue weighted by molar-refractivity contribution is 5.81. The first-order valence-corrected chi connectivity index (χ1v) is 11.8. The van der Waals surface area contributed by atoms with Crippen LogP contribution in [0.3, 0.4) is 0 Å². The highest BCUT2D eigenvalue weighted by atomic mass is 16.1. The molecule has 0 bridgehead atoms. The van der Waals surface area contributed by atoms with Crippen molar-refractivity contribution in [2.75, 3.05) is 13.1 Å². The number of piperidine rings is 1. The Morgan fingerprint density at radius 2 is 1.55 bits per heavy atom. The molecule has 0 unspecified atom stereocenters. The van der Waals surface area contributed by atoms with Gasteiger partial charge in [-0.2, -0.15) is 4.99 Å². The molecule has 1 aromatic heterocycles. The molecular formula is C24H35N5O2. The number of benzene rings is 1. The Kier molecular flexibility index (Phi) is 6.90. The van der Waals surface area contributed by atoms with Crippen molar-refractivity contribution >= 4 is 22.8 Å².